The highest BCUT2D eigenvalue weighted by atomic mass is 32.2. The number of phenols is 1. The van der Waals surface area contributed by atoms with E-state index in [1.807, 2.05) is 0 Å². The maximum Gasteiger partial charge on any atom is 0.149 e. The first-order chi connectivity index (χ1) is 7.46. The van der Waals surface area contributed by atoms with Crippen LogP contribution >= 0.6 is 0 Å². The molecule has 2 aromatic rings. The molecule has 0 aliphatic carbocycles. The summed E-state index contributed by atoms with van der Waals surface area (Å²) in [5, 5.41) is 16.9. The van der Waals surface area contributed by atoms with E-state index in [1.54, 1.807) is 6.07 Å². The van der Waals surface area contributed by atoms with Crippen molar-refractivity contribution in [2.24, 2.45) is 0 Å². The molecule has 0 radical (unpaired) electrons. The van der Waals surface area contributed by atoms with Crippen molar-refractivity contribution in [3.63, 3.8) is 0 Å². The van der Waals surface area contributed by atoms with E-state index in [0.29, 0.717) is 11.0 Å². The summed E-state index contributed by atoms with van der Waals surface area (Å²) in [5.74, 6) is 0.134. The van der Waals surface area contributed by atoms with Crippen molar-refractivity contribution in [3.8, 4) is 5.75 Å². The first-order valence-corrected chi connectivity index (χ1v) is 6.72. The van der Waals surface area contributed by atoms with Crippen LogP contribution in [0.1, 0.15) is 0 Å². The molecule has 1 aromatic carbocycles. The molecule has 0 aliphatic heterocycles. The highest BCUT2D eigenvalue weighted by Crippen LogP contribution is 2.17. The van der Waals surface area contributed by atoms with E-state index < -0.39 is 9.84 Å². The highest BCUT2D eigenvalue weighted by molar-refractivity contribution is 7.90. The van der Waals surface area contributed by atoms with Crippen molar-refractivity contribution >= 4 is 20.9 Å². The van der Waals surface area contributed by atoms with Crippen LogP contribution in [0.3, 0.4) is 0 Å². The molecule has 0 fully saturated rings. The van der Waals surface area contributed by atoms with Gasteiger partial charge >= 0.3 is 0 Å². The monoisotopic (exact) mass is 241 g/mol. The Morgan fingerprint density at radius 2 is 2.19 bits per heavy atom. The molecule has 16 heavy (non-hydrogen) atoms. The second-order valence-corrected chi connectivity index (χ2v) is 5.88. The number of nitrogens with zero attached hydrogens (tertiary/aromatic N) is 3. The van der Waals surface area contributed by atoms with Crippen molar-refractivity contribution in [3.05, 3.63) is 18.2 Å². The predicted molar refractivity (Wildman–Crippen MR) is 58.9 cm³/mol. The van der Waals surface area contributed by atoms with Gasteiger partial charge in [-0.1, -0.05) is 5.21 Å². The van der Waals surface area contributed by atoms with Gasteiger partial charge in [0.05, 0.1) is 17.8 Å². The molecule has 0 amide bonds. The maximum atomic E-state index is 11.0. The zero-order valence-corrected chi connectivity index (χ0v) is 9.48. The number of phenolic OH excluding ortho intramolecular Hbond substituents is 1. The molecule has 7 heteroatoms. The Hall–Kier alpha value is -1.63. The van der Waals surface area contributed by atoms with Crippen molar-refractivity contribution < 1.29 is 13.5 Å². The fourth-order valence-electron chi connectivity index (χ4n) is 1.38. The molecule has 0 spiro atoms. The summed E-state index contributed by atoms with van der Waals surface area (Å²) >= 11 is 0. The van der Waals surface area contributed by atoms with Crippen LogP contribution in [0.5, 0.6) is 5.75 Å². The zero-order chi connectivity index (χ0) is 11.8. The van der Waals surface area contributed by atoms with Gasteiger partial charge in [-0.05, 0) is 12.1 Å². The van der Waals surface area contributed by atoms with E-state index in [2.05, 4.69) is 10.3 Å². The van der Waals surface area contributed by atoms with Gasteiger partial charge in [0.2, 0.25) is 0 Å². The number of aryl methyl sites for hydroxylation is 1. The smallest absolute Gasteiger partial charge is 0.149 e. The Morgan fingerprint density at radius 1 is 1.44 bits per heavy atom. The Balaban J connectivity index is 2.32. The quantitative estimate of drug-likeness (QED) is 0.828. The van der Waals surface area contributed by atoms with Crippen LogP contribution in [-0.2, 0) is 16.4 Å². The molecule has 0 saturated heterocycles. The van der Waals surface area contributed by atoms with Gasteiger partial charge < -0.3 is 5.11 Å². The van der Waals surface area contributed by atoms with Gasteiger partial charge in [0, 0.05) is 12.3 Å². The first kappa shape index (κ1) is 10.9. The van der Waals surface area contributed by atoms with Crippen LogP contribution in [0.2, 0.25) is 0 Å². The molecule has 1 heterocycles. The predicted octanol–water partition coefficient (Wildman–Crippen LogP) is 0.181. The molecule has 0 saturated carbocycles. The number of sulfone groups is 1. The molecule has 0 aliphatic rings. The number of aromatic nitrogens is 3. The topological polar surface area (TPSA) is 85.1 Å². The van der Waals surface area contributed by atoms with Gasteiger partial charge in [0.1, 0.15) is 21.1 Å². The molecule has 2 rings (SSSR count). The van der Waals surface area contributed by atoms with Gasteiger partial charge in [-0.25, -0.2) is 13.1 Å². The number of hydrogen-bond acceptors (Lipinski definition) is 5. The van der Waals surface area contributed by atoms with Gasteiger partial charge in [0.15, 0.2) is 0 Å². The third-order valence-electron chi connectivity index (χ3n) is 2.17. The number of fused-ring (bicyclic) bond motifs is 1. The molecule has 1 N–H and O–H groups in total. The standard InChI is InChI=1S/C9H11N3O3S/c1-16(14,15)5-4-12-9-3-2-7(13)6-8(9)10-11-12/h2-3,6,13H,4-5H2,1H3. The lowest BCUT2D eigenvalue weighted by Gasteiger charge is -2.00. The third-order valence-corrected chi connectivity index (χ3v) is 3.10. The van der Waals surface area contributed by atoms with E-state index in [1.165, 1.54) is 23.1 Å². The lowest BCUT2D eigenvalue weighted by atomic mass is 10.3. The molecule has 6 nitrogen and oxygen atoms in total. The maximum absolute atomic E-state index is 11.0. The van der Waals surface area contributed by atoms with Gasteiger partial charge in [-0.2, -0.15) is 0 Å². The summed E-state index contributed by atoms with van der Waals surface area (Å²) in [7, 11) is -3.02. The minimum absolute atomic E-state index is 0.0202. The number of rotatable bonds is 3. The van der Waals surface area contributed by atoms with Gasteiger partial charge in [0.25, 0.3) is 0 Å². The second-order valence-electron chi connectivity index (χ2n) is 3.62. The van der Waals surface area contributed by atoms with Crippen LogP contribution in [-0.4, -0.2) is 40.5 Å². The fraction of sp³-hybridized carbons (Fsp3) is 0.333. The molecular formula is C9H11N3O3S. The zero-order valence-electron chi connectivity index (χ0n) is 8.66. The average molecular weight is 241 g/mol. The Kier molecular flexibility index (Phi) is 2.55. The van der Waals surface area contributed by atoms with E-state index in [9.17, 15) is 13.5 Å². The van der Waals surface area contributed by atoms with E-state index >= 15 is 0 Å². The molecule has 86 valence electrons. The normalized spacial score (nSPS) is 12.1. The largest absolute Gasteiger partial charge is 0.508 e. The molecular weight excluding hydrogens is 230 g/mol. The first-order valence-electron chi connectivity index (χ1n) is 4.66. The highest BCUT2D eigenvalue weighted by Gasteiger charge is 2.08. The van der Waals surface area contributed by atoms with Gasteiger partial charge in [-0.3, -0.25) is 0 Å². The lowest BCUT2D eigenvalue weighted by Crippen LogP contribution is -2.12. The summed E-state index contributed by atoms with van der Waals surface area (Å²) in [6.07, 6.45) is 1.18. The number of aromatic hydroxyl groups is 1. The Bertz CT molecular complexity index is 618. The SMILES string of the molecule is CS(=O)(=O)CCn1nnc2cc(O)ccc21. The van der Waals surface area contributed by atoms with Crippen LogP contribution in [0.4, 0.5) is 0 Å². The molecule has 0 atom stereocenters. The summed E-state index contributed by atoms with van der Waals surface area (Å²) < 4.78 is 23.5. The van der Waals surface area contributed by atoms with Crippen molar-refractivity contribution in [1.82, 2.24) is 15.0 Å². The lowest BCUT2D eigenvalue weighted by molar-refractivity contribution is 0.476. The van der Waals surface area contributed by atoms with Crippen LogP contribution in [0, 0.1) is 0 Å². The molecule has 0 unspecified atom stereocenters. The van der Waals surface area contributed by atoms with E-state index in [4.69, 9.17) is 0 Å². The van der Waals surface area contributed by atoms with Crippen LogP contribution in [0.25, 0.3) is 11.0 Å². The summed E-state index contributed by atoms with van der Waals surface area (Å²) in [6, 6.07) is 4.66. The Labute approximate surface area is 92.4 Å². The summed E-state index contributed by atoms with van der Waals surface area (Å²) in [5.41, 5.74) is 1.26. The minimum atomic E-state index is -3.02. The van der Waals surface area contributed by atoms with Gasteiger partial charge in [-0.15, -0.1) is 5.10 Å². The number of benzene rings is 1. The Morgan fingerprint density at radius 3 is 2.88 bits per heavy atom. The van der Waals surface area contributed by atoms with Crippen molar-refractivity contribution in [2.75, 3.05) is 12.0 Å². The minimum Gasteiger partial charge on any atom is -0.508 e. The second kappa shape index (κ2) is 3.75. The van der Waals surface area contributed by atoms with E-state index in [-0.39, 0.29) is 18.0 Å². The molecule has 1 aromatic heterocycles. The third kappa shape index (κ3) is 2.30. The molecule has 0 bridgehead atoms. The summed E-state index contributed by atoms with van der Waals surface area (Å²) in [6.45, 7) is 0.264. The van der Waals surface area contributed by atoms with Crippen LogP contribution in [0.15, 0.2) is 18.2 Å². The van der Waals surface area contributed by atoms with E-state index in [0.717, 1.165) is 0 Å². The van der Waals surface area contributed by atoms with Crippen molar-refractivity contribution in [1.29, 1.82) is 0 Å². The average Bonchev–Trinajstić information content (AvgIpc) is 2.56. The fourth-order valence-corrected chi connectivity index (χ4v) is 1.88. The van der Waals surface area contributed by atoms with Crippen molar-refractivity contribution in [2.45, 2.75) is 6.54 Å². The summed E-state index contributed by atoms with van der Waals surface area (Å²) in [4.78, 5) is 0. The number of hydrogen-bond donors (Lipinski definition) is 1. The van der Waals surface area contributed by atoms with Crippen LogP contribution < -0.4 is 0 Å².